The average Bonchev–Trinajstić information content (AvgIpc) is 2.84. The van der Waals surface area contributed by atoms with E-state index in [1.807, 2.05) is 0 Å². The summed E-state index contributed by atoms with van der Waals surface area (Å²) in [5.41, 5.74) is 0.433. The van der Waals surface area contributed by atoms with Crippen LogP contribution < -0.4 is 0 Å². The molecule has 0 aromatic carbocycles. The van der Waals surface area contributed by atoms with Gasteiger partial charge in [-0.3, -0.25) is 9.80 Å². The van der Waals surface area contributed by atoms with Gasteiger partial charge < -0.3 is 0 Å². The second kappa shape index (κ2) is 2.96. The number of fused-ring (bicyclic) bond motifs is 1. The van der Waals surface area contributed by atoms with Gasteiger partial charge in [0.25, 0.3) is 0 Å². The minimum atomic E-state index is 0.433. The molecule has 2 nitrogen and oxygen atoms in total. The van der Waals surface area contributed by atoms with Gasteiger partial charge in [-0.2, -0.15) is 0 Å². The zero-order valence-electron chi connectivity index (χ0n) is 9.50. The minimum absolute atomic E-state index is 0.433. The first kappa shape index (κ1) is 9.17. The molecule has 1 unspecified atom stereocenters. The van der Waals surface area contributed by atoms with Gasteiger partial charge in [-0.1, -0.05) is 0 Å². The fourth-order valence-electron chi connectivity index (χ4n) is 3.46. The van der Waals surface area contributed by atoms with Gasteiger partial charge in [-0.25, -0.2) is 0 Å². The molecule has 0 spiro atoms. The molecule has 2 aliphatic heterocycles. The Morgan fingerprint density at radius 2 is 1.86 bits per heavy atom. The Balaban J connectivity index is 1.78. The largest absolute Gasteiger partial charge is 0.297 e. The van der Waals surface area contributed by atoms with Crippen molar-refractivity contribution in [3.05, 3.63) is 0 Å². The highest BCUT2D eigenvalue weighted by molar-refractivity contribution is 5.02. The van der Waals surface area contributed by atoms with Gasteiger partial charge in [-0.05, 0) is 46.1 Å². The summed E-state index contributed by atoms with van der Waals surface area (Å²) in [7, 11) is 0. The molecule has 80 valence electrons. The topological polar surface area (TPSA) is 6.48 Å². The fourth-order valence-corrected chi connectivity index (χ4v) is 3.46. The maximum Gasteiger partial charge on any atom is 0.0283 e. The van der Waals surface area contributed by atoms with E-state index in [4.69, 9.17) is 0 Å². The first-order valence-electron chi connectivity index (χ1n) is 6.18. The first-order chi connectivity index (χ1) is 6.67. The highest BCUT2D eigenvalue weighted by Gasteiger charge is 2.45. The molecule has 3 aliphatic rings. The Morgan fingerprint density at radius 1 is 1.07 bits per heavy atom. The van der Waals surface area contributed by atoms with Crippen LogP contribution in [0.5, 0.6) is 0 Å². The second-order valence-corrected chi connectivity index (χ2v) is 5.96. The zero-order chi connectivity index (χ0) is 9.76. The van der Waals surface area contributed by atoms with Crippen LogP contribution in [0.4, 0.5) is 0 Å². The maximum absolute atomic E-state index is 2.76. The van der Waals surface area contributed by atoms with Crippen molar-refractivity contribution >= 4 is 0 Å². The van der Waals surface area contributed by atoms with Crippen molar-refractivity contribution < 1.29 is 0 Å². The van der Waals surface area contributed by atoms with Crippen molar-refractivity contribution in [1.29, 1.82) is 0 Å². The Morgan fingerprint density at radius 3 is 2.57 bits per heavy atom. The molecule has 2 heterocycles. The third-order valence-corrected chi connectivity index (χ3v) is 4.25. The Bertz CT molecular complexity index is 232. The molecule has 14 heavy (non-hydrogen) atoms. The van der Waals surface area contributed by atoms with E-state index in [2.05, 4.69) is 23.6 Å². The zero-order valence-corrected chi connectivity index (χ0v) is 9.50. The van der Waals surface area contributed by atoms with Crippen LogP contribution in [0.25, 0.3) is 0 Å². The van der Waals surface area contributed by atoms with Crippen LogP contribution in [0.3, 0.4) is 0 Å². The van der Waals surface area contributed by atoms with Crippen molar-refractivity contribution in [3.63, 3.8) is 0 Å². The molecule has 0 aromatic heterocycles. The van der Waals surface area contributed by atoms with Gasteiger partial charge in [0.05, 0.1) is 0 Å². The molecule has 2 saturated heterocycles. The lowest BCUT2D eigenvalue weighted by Gasteiger charge is -2.49. The standard InChI is InChI=1S/C12H22N2/c1-12(2)9-13(10-5-6-10)8-11-4-3-7-14(11)12/h10-11H,3-9H2,1-2H3. The lowest BCUT2D eigenvalue weighted by molar-refractivity contribution is -0.00436. The summed E-state index contributed by atoms with van der Waals surface area (Å²) in [5, 5.41) is 0. The summed E-state index contributed by atoms with van der Waals surface area (Å²) in [5.74, 6) is 0. The monoisotopic (exact) mass is 194 g/mol. The lowest BCUT2D eigenvalue weighted by atomic mass is 9.96. The third-order valence-electron chi connectivity index (χ3n) is 4.25. The number of piperazine rings is 1. The van der Waals surface area contributed by atoms with E-state index in [0.717, 1.165) is 12.1 Å². The van der Waals surface area contributed by atoms with Gasteiger partial charge in [0.1, 0.15) is 0 Å². The molecule has 1 atom stereocenters. The van der Waals surface area contributed by atoms with Crippen molar-refractivity contribution in [1.82, 2.24) is 9.80 Å². The van der Waals surface area contributed by atoms with E-state index in [1.54, 1.807) is 0 Å². The smallest absolute Gasteiger partial charge is 0.0283 e. The van der Waals surface area contributed by atoms with E-state index in [1.165, 1.54) is 45.3 Å². The number of rotatable bonds is 1. The van der Waals surface area contributed by atoms with Gasteiger partial charge in [0, 0.05) is 30.7 Å². The van der Waals surface area contributed by atoms with Crippen LogP contribution in [0.2, 0.25) is 0 Å². The Hall–Kier alpha value is -0.0800. The summed E-state index contributed by atoms with van der Waals surface area (Å²) in [6, 6.07) is 1.83. The molecular weight excluding hydrogens is 172 g/mol. The molecule has 0 radical (unpaired) electrons. The third kappa shape index (κ3) is 1.40. The van der Waals surface area contributed by atoms with E-state index < -0.39 is 0 Å². The van der Waals surface area contributed by atoms with Crippen molar-refractivity contribution in [3.8, 4) is 0 Å². The second-order valence-electron chi connectivity index (χ2n) is 5.96. The maximum atomic E-state index is 2.76. The van der Waals surface area contributed by atoms with E-state index in [0.29, 0.717) is 5.54 Å². The van der Waals surface area contributed by atoms with Crippen molar-refractivity contribution in [2.75, 3.05) is 19.6 Å². The molecular formula is C12H22N2. The number of hydrogen-bond donors (Lipinski definition) is 0. The summed E-state index contributed by atoms with van der Waals surface area (Å²) in [6.07, 6.45) is 5.78. The Labute approximate surface area is 87.3 Å². The molecule has 0 bridgehead atoms. The van der Waals surface area contributed by atoms with Gasteiger partial charge in [0.2, 0.25) is 0 Å². The van der Waals surface area contributed by atoms with Crippen LogP contribution in [0, 0.1) is 0 Å². The normalized spacial score (nSPS) is 38.6. The minimum Gasteiger partial charge on any atom is -0.297 e. The van der Waals surface area contributed by atoms with Crippen molar-refractivity contribution in [2.24, 2.45) is 0 Å². The van der Waals surface area contributed by atoms with Crippen LogP contribution >= 0.6 is 0 Å². The molecule has 1 saturated carbocycles. The predicted octanol–water partition coefficient (Wildman–Crippen LogP) is 1.71. The average molecular weight is 194 g/mol. The molecule has 0 N–H and O–H groups in total. The first-order valence-corrected chi connectivity index (χ1v) is 6.18. The predicted molar refractivity (Wildman–Crippen MR) is 58.4 cm³/mol. The van der Waals surface area contributed by atoms with Crippen LogP contribution in [0.15, 0.2) is 0 Å². The summed E-state index contributed by atoms with van der Waals surface area (Å²) >= 11 is 0. The quantitative estimate of drug-likeness (QED) is 0.627. The van der Waals surface area contributed by atoms with Crippen molar-refractivity contribution in [2.45, 2.75) is 57.2 Å². The molecule has 3 fully saturated rings. The lowest BCUT2D eigenvalue weighted by Crippen LogP contribution is -2.62. The summed E-state index contributed by atoms with van der Waals surface area (Å²) in [4.78, 5) is 5.51. The fraction of sp³-hybridized carbons (Fsp3) is 1.00. The van der Waals surface area contributed by atoms with Crippen LogP contribution in [-0.2, 0) is 0 Å². The van der Waals surface area contributed by atoms with Crippen LogP contribution in [-0.4, -0.2) is 47.1 Å². The highest BCUT2D eigenvalue weighted by Crippen LogP contribution is 2.37. The Kier molecular flexibility index (Phi) is 1.94. The highest BCUT2D eigenvalue weighted by atomic mass is 15.4. The van der Waals surface area contributed by atoms with Gasteiger partial charge >= 0.3 is 0 Å². The van der Waals surface area contributed by atoms with Gasteiger partial charge in [-0.15, -0.1) is 0 Å². The summed E-state index contributed by atoms with van der Waals surface area (Å²) < 4.78 is 0. The molecule has 1 aliphatic carbocycles. The van der Waals surface area contributed by atoms with Gasteiger partial charge in [0.15, 0.2) is 0 Å². The summed E-state index contributed by atoms with van der Waals surface area (Å²) in [6.45, 7) is 8.86. The number of nitrogens with zero attached hydrogens (tertiary/aromatic N) is 2. The van der Waals surface area contributed by atoms with E-state index >= 15 is 0 Å². The van der Waals surface area contributed by atoms with Crippen LogP contribution in [0.1, 0.15) is 39.5 Å². The molecule has 2 heteroatoms. The van der Waals surface area contributed by atoms with E-state index in [-0.39, 0.29) is 0 Å². The molecule has 3 rings (SSSR count). The molecule has 0 aromatic rings. The number of hydrogen-bond acceptors (Lipinski definition) is 2. The van der Waals surface area contributed by atoms with E-state index in [9.17, 15) is 0 Å². The SMILES string of the molecule is CC1(C)CN(C2CC2)CC2CCCN21. The molecule has 0 amide bonds.